The van der Waals surface area contributed by atoms with Crippen LogP contribution in [0.4, 0.5) is 0 Å². The third-order valence-corrected chi connectivity index (χ3v) is 5.25. The van der Waals surface area contributed by atoms with Crippen LogP contribution in [0.3, 0.4) is 0 Å². The Morgan fingerprint density at radius 2 is 1.81 bits per heavy atom. The van der Waals surface area contributed by atoms with E-state index in [9.17, 15) is 13.2 Å². The van der Waals surface area contributed by atoms with Gasteiger partial charge in [0.2, 0.25) is 10.0 Å². The molecule has 116 valence electrons. The van der Waals surface area contributed by atoms with Gasteiger partial charge in [0.15, 0.2) is 0 Å². The number of esters is 1. The first-order chi connectivity index (χ1) is 9.97. The molecule has 1 saturated carbocycles. The molecule has 0 bridgehead atoms. The van der Waals surface area contributed by atoms with Crippen LogP contribution in [0.1, 0.15) is 37.7 Å². The van der Waals surface area contributed by atoms with Gasteiger partial charge < -0.3 is 4.74 Å². The van der Waals surface area contributed by atoms with Crippen LogP contribution in [0.5, 0.6) is 0 Å². The normalized spacial score (nSPS) is 18.1. The first kappa shape index (κ1) is 16.0. The van der Waals surface area contributed by atoms with Crippen molar-refractivity contribution in [2.45, 2.75) is 43.4 Å². The Morgan fingerprint density at radius 1 is 1.19 bits per heavy atom. The third kappa shape index (κ3) is 4.04. The highest BCUT2D eigenvalue weighted by molar-refractivity contribution is 7.88. The van der Waals surface area contributed by atoms with Gasteiger partial charge in [-0.1, -0.05) is 49.6 Å². The second-order valence-corrected chi connectivity index (χ2v) is 7.20. The number of hydrogen-bond acceptors (Lipinski definition) is 4. The standard InChI is InChI=1S/C15H21NO4S/c1-20-14(17)15(10-6-3-7-11-15)16-21(18,19)12-13-8-4-2-5-9-13/h2,4-5,8-9,16H,3,6-7,10-12H2,1H3. The van der Waals surface area contributed by atoms with Crippen LogP contribution >= 0.6 is 0 Å². The molecule has 1 aromatic rings. The lowest BCUT2D eigenvalue weighted by Gasteiger charge is -2.34. The minimum atomic E-state index is -3.60. The molecule has 1 N–H and O–H groups in total. The average molecular weight is 311 g/mol. The SMILES string of the molecule is COC(=O)C1(NS(=O)(=O)Cc2ccccc2)CCCCC1. The minimum Gasteiger partial charge on any atom is -0.468 e. The predicted octanol–water partition coefficient (Wildman–Crippen LogP) is 1.98. The Morgan fingerprint density at radius 3 is 2.38 bits per heavy atom. The van der Waals surface area contributed by atoms with Gasteiger partial charge in [-0.05, 0) is 18.4 Å². The highest BCUT2D eigenvalue weighted by atomic mass is 32.2. The molecule has 1 aliphatic carbocycles. The van der Waals surface area contributed by atoms with E-state index in [-0.39, 0.29) is 5.75 Å². The zero-order chi connectivity index (χ0) is 15.3. The van der Waals surface area contributed by atoms with Gasteiger partial charge in [0.1, 0.15) is 5.54 Å². The van der Waals surface area contributed by atoms with E-state index in [1.165, 1.54) is 7.11 Å². The van der Waals surface area contributed by atoms with E-state index in [1.54, 1.807) is 24.3 Å². The van der Waals surface area contributed by atoms with Crippen LogP contribution < -0.4 is 4.72 Å². The van der Waals surface area contributed by atoms with Crippen LogP contribution in [0.15, 0.2) is 30.3 Å². The van der Waals surface area contributed by atoms with Gasteiger partial charge in [0, 0.05) is 0 Å². The Bertz CT molecular complexity index is 577. The quantitative estimate of drug-likeness (QED) is 0.844. The van der Waals surface area contributed by atoms with Crippen molar-refractivity contribution in [1.29, 1.82) is 0 Å². The fourth-order valence-corrected chi connectivity index (χ4v) is 4.41. The van der Waals surface area contributed by atoms with Gasteiger partial charge >= 0.3 is 5.97 Å². The highest BCUT2D eigenvalue weighted by Gasteiger charge is 2.43. The van der Waals surface area contributed by atoms with Crippen molar-refractivity contribution in [3.63, 3.8) is 0 Å². The van der Waals surface area contributed by atoms with Crippen LogP contribution in [0, 0.1) is 0 Å². The Kier molecular flexibility index (Phi) is 5.00. The summed E-state index contributed by atoms with van der Waals surface area (Å²) in [5, 5.41) is 0. The maximum Gasteiger partial charge on any atom is 0.327 e. The predicted molar refractivity (Wildman–Crippen MR) is 80.0 cm³/mol. The van der Waals surface area contributed by atoms with Crippen LogP contribution in [0.25, 0.3) is 0 Å². The summed E-state index contributed by atoms with van der Waals surface area (Å²) in [6.07, 6.45) is 3.65. The summed E-state index contributed by atoms with van der Waals surface area (Å²) in [6.45, 7) is 0. The van der Waals surface area contributed by atoms with Crippen LogP contribution in [-0.4, -0.2) is 27.0 Å². The summed E-state index contributed by atoms with van der Waals surface area (Å²) in [5.41, 5.74) is -0.401. The fraction of sp³-hybridized carbons (Fsp3) is 0.533. The number of carbonyl (C=O) groups excluding carboxylic acids is 1. The molecule has 2 rings (SSSR count). The van der Waals surface area contributed by atoms with Gasteiger partial charge in [-0.15, -0.1) is 0 Å². The largest absolute Gasteiger partial charge is 0.468 e. The van der Waals surface area contributed by atoms with Crippen molar-refractivity contribution in [2.75, 3.05) is 7.11 Å². The first-order valence-corrected chi connectivity index (χ1v) is 8.77. The van der Waals surface area contributed by atoms with Gasteiger partial charge in [-0.2, -0.15) is 4.72 Å². The molecule has 0 unspecified atom stereocenters. The molecule has 5 nitrogen and oxygen atoms in total. The summed E-state index contributed by atoms with van der Waals surface area (Å²) >= 11 is 0. The van der Waals surface area contributed by atoms with Gasteiger partial charge in [-0.3, -0.25) is 4.79 Å². The lowest BCUT2D eigenvalue weighted by Crippen LogP contribution is -2.56. The van der Waals surface area contributed by atoms with E-state index in [4.69, 9.17) is 4.74 Å². The van der Waals surface area contributed by atoms with E-state index >= 15 is 0 Å². The zero-order valence-electron chi connectivity index (χ0n) is 12.2. The van der Waals surface area contributed by atoms with Crippen molar-refractivity contribution in [2.24, 2.45) is 0 Å². The van der Waals surface area contributed by atoms with E-state index in [2.05, 4.69) is 4.72 Å². The smallest absolute Gasteiger partial charge is 0.327 e. The third-order valence-electron chi connectivity index (χ3n) is 3.83. The van der Waals surface area contributed by atoms with Gasteiger partial charge in [0.05, 0.1) is 12.9 Å². The summed E-state index contributed by atoms with van der Waals surface area (Å²) in [5.74, 6) is -0.620. The maximum atomic E-state index is 12.4. The number of methoxy groups -OCH3 is 1. The number of sulfonamides is 1. The van der Waals surface area contributed by atoms with Crippen molar-refractivity contribution >= 4 is 16.0 Å². The summed E-state index contributed by atoms with van der Waals surface area (Å²) in [7, 11) is -2.30. The number of nitrogens with one attached hydrogen (secondary N) is 1. The molecule has 0 spiro atoms. The van der Waals surface area contributed by atoms with E-state index in [0.717, 1.165) is 19.3 Å². The Balaban J connectivity index is 2.17. The fourth-order valence-electron chi connectivity index (χ4n) is 2.83. The average Bonchev–Trinajstić information content (AvgIpc) is 2.47. The molecule has 0 aliphatic heterocycles. The Hall–Kier alpha value is -1.40. The molecule has 0 atom stereocenters. The molecule has 21 heavy (non-hydrogen) atoms. The molecule has 0 radical (unpaired) electrons. The summed E-state index contributed by atoms with van der Waals surface area (Å²) < 4.78 is 32.2. The number of rotatable bonds is 5. The minimum absolute atomic E-state index is 0.132. The van der Waals surface area contributed by atoms with Gasteiger partial charge in [-0.25, -0.2) is 8.42 Å². The number of carbonyl (C=O) groups is 1. The summed E-state index contributed by atoms with van der Waals surface area (Å²) in [4.78, 5) is 12.1. The lowest BCUT2D eigenvalue weighted by atomic mass is 9.83. The molecular formula is C15H21NO4S. The molecule has 6 heteroatoms. The highest BCUT2D eigenvalue weighted by Crippen LogP contribution is 2.30. The Labute approximate surface area is 125 Å². The number of benzene rings is 1. The monoisotopic (exact) mass is 311 g/mol. The molecule has 1 aliphatic rings. The molecule has 0 heterocycles. The maximum absolute atomic E-state index is 12.4. The second kappa shape index (κ2) is 6.58. The number of hydrogen-bond donors (Lipinski definition) is 1. The van der Waals surface area contributed by atoms with Crippen molar-refractivity contribution in [3.8, 4) is 0 Å². The van der Waals surface area contributed by atoms with Crippen LogP contribution in [0.2, 0.25) is 0 Å². The van der Waals surface area contributed by atoms with Crippen molar-refractivity contribution in [1.82, 2.24) is 4.72 Å². The molecular weight excluding hydrogens is 290 g/mol. The van der Waals surface area contributed by atoms with Crippen LogP contribution in [-0.2, 0) is 25.3 Å². The molecule has 1 fully saturated rings. The van der Waals surface area contributed by atoms with E-state index in [1.807, 2.05) is 6.07 Å². The van der Waals surface area contributed by atoms with Gasteiger partial charge in [0.25, 0.3) is 0 Å². The molecule has 0 aromatic heterocycles. The molecule has 0 amide bonds. The lowest BCUT2D eigenvalue weighted by molar-refractivity contribution is -0.149. The second-order valence-electron chi connectivity index (χ2n) is 5.48. The van der Waals surface area contributed by atoms with Crippen molar-refractivity contribution < 1.29 is 17.9 Å². The first-order valence-electron chi connectivity index (χ1n) is 7.11. The molecule has 0 saturated heterocycles. The summed E-state index contributed by atoms with van der Waals surface area (Å²) in [6, 6.07) is 8.93. The molecule has 1 aromatic carbocycles. The van der Waals surface area contributed by atoms with E-state index in [0.29, 0.717) is 18.4 Å². The topological polar surface area (TPSA) is 72.5 Å². The van der Waals surface area contributed by atoms with E-state index < -0.39 is 21.5 Å². The van der Waals surface area contributed by atoms with Crippen molar-refractivity contribution in [3.05, 3.63) is 35.9 Å². The zero-order valence-corrected chi connectivity index (χ0v) is 13.0. The number of ether oxygens (including phenoxy) is 1.